The molecule has 0 bridgehead atoms. The third-order valence-corrected chi connectivity index (χ3v) is 4.47. The highest BCUT2D eigenvalue weighted by molar-refractivity contribution is 7.18. The molecule has 0 amide bonds. The fourth-order valence-electron chi connectivity index (χ4n) is 2.38. The molecule has 2 heterocycles. The van der Waals surface area contributed by atoms with Gasteiger partial charge in [-0.1, -0.05) is 0 Å². The van der Waals surface area contributed by atoms with Crippen molar-refractivity contribution in [2.75, 3.05) is 14.1 Å². The average Bonchev–Trinajstić information content (AvgIpc) is 2.76. The van der Waals surface area contributed by atoms with Crippen molar-refractivity contribution in [3.63, 3.8) is 0 Å². The summed E-state index contributed by atoms with van der Waals surface area (Å²) in [6.45, 7) is 0. The highest BCUT2D eigenvalue weighted by Crippen LogP contribution is 2.33. The van der Waals surface area contributed by atoms with Gasteiger partial charge in [-0.05, 0) is 31.2 Å². The second kappa shape index (κ2) is 4.77. The molecule has 1 aliphatic rings. The highest BCUT2D eigenvalue weighted by Gasteiger charge is 2.19. The van der Waals surface area contributed by atoms with Gasteiger partial charge < -0.3 is 4.90 Å². The van der Waals surface area contributed by atoms with Crippen LogP contribution < -0.4 is 5.56 Å². The lowest BCUT2D eigenvalue weighted by Crippen LogP contribution is -2.19. The predicted molar refractivity (Wildman–Crippen MR) is 78.1 cm³/mol. The molecule has 2 aromatic heterocycles. The summed E-state index contributed by atoms with van der Waals surface area (Å²) in [5.74, 6) is 0. The maximum absolute atomic E-state index is 12.5. The minimum Gasteiger partial charge on any atom is -0.367 e. The highest BCUT2D eigenvalue weighted by atomic mass is 32.1. The van der Waals surface area contributed by atoms with E-state index in [4.69, 9.17) is 0 Å². The Labute approximate surface area is 115 Å². The number of aromatic nitrogens is 2. The Morgan fingerprint density at radius 2 is 2.21 bits per heavy atom. The molecule has 0 atom stereocenters. The van der Waals surface area contributed by atoms with Gasteiger partial charge in [0.25, 0.3) is 5.56 Å². The normalized spacial score (nSPS) is 15.1. The van der Waals surface area contributed by atoms with Crippen molar-refractivity contribution in [3.05, 3.63) is 27.1 Å². The van der Waals surface area contributed by atoms with Gasteiger partial charge in [-0.25, -0.2) is 4.98 Å². The Morgan fingerprint density at radius 3 is 3.00 bits per heavy atom. The lowest BCUT2D eigenvalue weighted by Gasteiger charge is -2.09. The molecule has 0 unspecified atom stereocenters. The molecule has 0 aliphatic heterocycles. The molecule has 3 rings (SSSR count). The Bertz CT molecular complexity index is 698. The third kappa shape index (κ3) is 2.16. The fraction of sp³-hybridized carbons (Fsp3) is 0.462. The third-order valence-electron chi connectivity index (χ3n) is 3.27. The minimum absolute atomic E-state index is 0.0532. The number of nitrogens with zero attached hydrogens (tertiary/aromatic N) is 4. The van der Waals surface area contributed by atoms with Crippen molar-refractivity contribution in [2.45, 2.75) is 25.7 Å². The average molecular weight is 276 g/mol. The molecule has 0 aromatic carbocycles. The first-order valence-electron chi connectivity index (χ1n) is 6.39. The quantitative estimate of drug-likeness (QED) is 0.619. The van der Waals surface area contributed by atoms with Crippen molar-refractivity contribution in [2.24, 2.45) is 5.10 Å². The maximum atomic E-state index is 12.5. The molecule has 0 saturated carbocycles. The molecular weight excluding hydrogens is 260 g/mol. The second-order valence-corrected chi connectivity index (χ2v) is 6.06. The van der Waals surface area contributed by atoms with E-state index in [0.717, 1.165) is 29.5 Å². The van der Waals surface area contributed by atoms with Crippen LogP contribution in [0.4, 0.5) is 0 Å². The molecule has 0 saturated heterocycles. The zero-order chi connectivity index (χ0) is 13.4. The van der Waals surface area contributed by atoms with Gasteiger partial charge in [0.15, 0.2) is 0 Å². The van der Waals surface area contributed by atoms with Crippen molar-refractivity contribution < 1.29 is 0 Å². The summed E-state index contributed by atoms with van der Waals surface area (Å²) in [6, 6.07) is 0. The summed E-state index contributed by atoms with van der Waals surface area (Å²) in [5, 5.41) is 4.91. The van der Waals surface area contributed by atoms with E-state index in [1.165, 1.54) is 27.9 Å². The molecule has 19 heavy (non-hydrogen) atoms. The first-order chi connectivity index (χ1) is 9.16. The predicted octanol–water partition coefficient (Wildman–Crippen LogP) is 1.69. The van der Waals surface area contributed by atoms with Crippen LogP contribution in [-0.2, 0) is 12.8 Å². The van der Waals surface area contributed by atoms with E-state index in [-0.39, 0.29) is 5.56 Å². The Morgan fingerprint density at radius 1 is 1.42 bits per heavy atom. The summed E-state index contributed by atoms with van der Waals surface area (Å²) in [4.78, 5) is 20.8. The van der Waals surface area contributed by atoms with E-state index in [2.05, 4.69) is 10.1 Å². The fourth-order valence-corrected chi connectivity index (χ4v) is 3.60. The summed E-state index contributed by atoms with van der Waals surface area (Å²) in [5.41, 5.74) is 1.15. The van der Waals surface area contributed by atoms with Crippen molar-refractivity contribution >= 4 is 27.9 Å². The molecule has 0 radical (unpaired) electrons. The lowest BCUT2D eigenvalue weighted by molar-refractivity contribution is 0.629. The van der Waals surface area contributed by atoms with Gasteiger partial charge in [-0.2, -0.15) is 9.78 Å². The molecular formula is C13H16N4OS. The van der Waals surface area contributed by atoms with Gasteiger partial charge in [0, 0.05) is 19.0 Å². The SMILES string of the molecule is CN(C)C=Nn1cnc2sc3c(c2c1=O)CCCC3. The number of hydrogen-bond acceptors (Lipinski definition) is 4. The Hall–Kier alpha value is -1.69. The van der Waals surface area contributed by atoms with Gasteiger partial charge >= 0.3 is 0 Å². The van der Waals surface area contributed by atoms with E-state index >= 15 is 0 Å². The van der Waals surface area contributed by atoms with E-state index in [1.54, 1.807) is 22.6 Å². The monoisotopic (exact) mass is 276 g/mol. The number of hydrogen-bond donors (Lipinski definition) is 0. The van der Waals surface area contributed by atoms with E-state index in [0.29, 0.717) is 0 Å². The molecule has 6 heteroatoms. The summed E-state index contributed by atoms with van der Waals surface area (Å²) in [6.07, 6.45) is 7.56. The maximum Gasteiger partial charge on any atom is 0.283 e. The number of fused-ring (bicyclic) bond motifs is 3. The van der Waals surface area contributed by atoms with Crippen molar-refractivity contribution in [1.29, 1.82) is 0 Å². The van der Waals surface area contributed by atoms with Crippen LogP contribution in [0.3, 0.4) is 0 Å². The molecule has 5 nitrogen and oxygen atoms in total. The largest absolute Gasteiger partial charge is 0.367 e. The van der Waals surface area contributed by atoms with Crippen LogP contribution in [0, 0.1) is 0 Å². The first kappa shape index (κ1) is 12.3. The number of aryl methyl sites for hydroxylation is 2. The molecule has 2 aromatic rings. The van der Waals surface area contributed by atoms with Crippen LogP contribution in [-0.4, -0.2) is 35.0 Å². The first-order valence-corrected chi connectivity index (χ1v) is 7.21. The van der Waals surface area contributed by atoms with Gasteiger partial charge in [0.2, 0.25) is 0 Å². The van der Waals surface area contributed by atoms with Gasteiger partial charge in [0.1, 0.15) is 17.5 Å². The van der Waals surface area contributed by atoms with E-state index in [9.17, 15) is 4.79 Å². The molecule has 100 valence electrons. The van der Waals surface area contributed by atoms with Crippen LogP contribution in [0.15, 0.2) is 16.2 Å². The summed E-state index contributed by atoms with van der Waals surface area (Å²) in [7, 11) is 3.74. The van der Waals surface area contributed by atoms with Gasteiger partial charge in [-0.15, -0.1) is 11.3 Å². The zero-order valence-electron chi connectivity index (χ0n) is 11.1. The number of rotatable bonds is 2. The smallest absolute Gasteiger partial charge is 0.283 e. The molecule has 0 N–H and O–H groups in total. The van der Waals surface area contributed by atoms with E-state index in [1.807, 2.05) is 14.1 Å². The van der Waals surface area contributed by atoms with Crippen molar-refractivity contribution in [1.82, 2.24) is 14.6 Å². The second-order valence-electron chi connectivity index (χ2n) is 4.98. The van der Waals surface area contributed by atoms with Crippen molar-refractivity contribution in [3.8, 4) is 0 Å². The molecule has 0 fully saturated rings. The topological polar surface area (TPSA) is 50.5 Å². The Balaban J connectivity index is 2.18. The minimum atomic E-state index is -0.0532. The Kier molecular flexibility index (Phi) is 3.10. The number of thiophene rings is 1. The van der Waals surface area contributed by atoms with E-state index < -0.39 is 0 Å². The van der Waals surface area contributed by atoms with Crippen LogP contribution in [0.2, 0.25) is 0 Å². The van der Waals surface area contributed by atoms with Crippen LogP contribution in [0.5, 0.6) is 0 Å². The summed E-state index contributed by atoms with van der Waals surface area (Å²) < 4.78 is 1.32. The van der Waals surface area contributed by atoms with Crippen LogP contribution in [0.25, 0.3) is 10.2 Å². The van der Waals surface area contributed by atoms with Gasteiger partial charge in [0.05, 0.1) is 5.39 Å². The van der Waals surface area contributed by atoms with Crippen LogP contribution in [0.1, 0.15) is 23.3 Å². The lowest BCUT2D eigenvalue weighted by atomic mass is 9.97. The standard InChI is InChI=1S/C13H16N4OS/c1-16(2)8-15-17-7-14-12-11(13(17)18)9-5-3-4-6-10(9)19-12/h7-8H,3-6H2,1-2H3. The zero-order valence-corrected chi connectivity index (χ0v) is 11.9. The summed E-state index contributed by atoms with van der Waals surface area (Å²) >= 11 is 1.66. The van der Waals surface area contributed by atoms with Crippen LogP contribution >= 0.6 is 11.3 Å². The molecule has 1 aliphatic carbocycles. The molecule has 0 spiro atoms. The van der Waals surface area contributed by atoms with Gasteiger partial charge in [-0.3, -0.25) is 4.79 Å².